The molecule has 0 spiro atoms. The highest BCUT2D eigenvalue weighted by atomic mass is 32.2. The minimum absolute atomic E-state index is 0.605. The van der Waals surface area contributed by atoms with Crippen molar-refractivity contribution in [3.05, 3.63) is 48.0 Å². The number of anilines is 1. The number of furan rings is 1. The number of thioether (sulfide) groups is 1. The van der Waals surface area contributed by atoms with Gasteiger partial charge in [-0.15, -0.1) is 10.2 Å². The zero-order valence-corrected chi connectivity index (χ0v) is 13.5. The molecule has 0 aliphatic carbocycles. The maximum absolute atomic E-state index is 5.26. The molecule has 8 heteroatoms. The van der Waals surface area contributed by atoms with Crippen LogP contribution in [0.3, 0.4) is 0 Å². The van der Waals surface area contributed by atoms with Gasteiger partial charge in [-0.25, -0.2) is 4.98 Å². The van der Waals surface area contributed by atoms with Crippen LogP contribution >= 0.6 is 23.1 Å². The molecule has 3 aromatic rings. The number of hydrogen-bond acceptors (Lipinski definition) is 8. The average molecular weight is 334 g/mol. The third kappa shape index (κ3) is 3.99. The fraction of sp³-hybridized carbons (Fsp3) is 0.214. The zero-order chi connectivity index (χ0) is 15.2. The normalized spacial score (nSPS) is 10.6. The van der Waals surface area contributed by atoms with E-state index in [1.807, 2.05) is 24.3 Å². The van der Waals surface area contributed by atoms with Gasteiger partial charge < -0.3 is 14.5 Å². The number of ether oxygens (including phenoxy) is 1. The summed E-state index contributed by atoms with van der Waals surface area (Å²) in [5.74, 6) is 2.29. The van der Waals surface area contributed by atoms with Gasteiger partial charge in [0.15, 0.2) is 4.34 Å². The van der Waals surface area contributed by atoms with Gasteiger partial charge in [0.2, 0.25) is 11.0 Å². The molecule has 0 aliphatic rings. The molecule has 6 nitrogen and oxygen atoms in total. The first-order chi connectivity index (χ1) is 10.8. The SMILES string of the molecule is COc1cc(CSc2nnc(NCc3ccco3)s2)ccn1. The van der Waals surface area contributed by atoms with Gasteiger partial charge in [0.25, 0.3) is 0 Å². The second kappa shape index (κ2) is 7.28. The highest BCUT2D eigenvalue weighted by Crippen LogP contribution is 2.29. The van der Waals surface area contributed by atoms with Crippen molar-refractivity contribution in [3.8, 4) is 5.88 Å². The summed E-state index contributed by atoms with van der Waals surface area (Å²) in [7, 11) is 1.61. The molecule has 0 saturated heterocycles. The molecule has 0 amide bonds. The quantitative estimate of drug-likeness (QED) is 0.663. The predicted molar refractivity (Wildman–Crippen MR) is 86.3 cm³/mol. The van der Waals surface area contributed by atoms with Crippen molar-refractivity contribution in [2.75, 3.05) is 12.4 Å². The molecule has 3 aromatic heterocycles. The fourth-order valence-corrected chi connectivity index (χ4v) is 3.40. The van der Waals surface area contributed by atoms with Crippen LogP contribution in [0.25, 0.3) is 0 Å². The van der Waals surface area contributed by atoms with E-state index in [2.05, 4.69) is 20.5 Å². The van der Waals surface area contributed by atoms with Crippen molar-refractivity contribution < 1.29 is 9.15 Å². The monoisotopic (exact) mass is 334 g/mol. The van der Waals surface area contributed by atoms with E-state index in [0.29, 0.717) is 12.4 Å². The Morgan fingerprint density at radius 3 is 3.14 bits per heavy atom. The number of hydrogen-bond donors (Lipinski definition) is 1. The molecule has 3 rings (SSSR count). The van der Waals surface area contributed by atoms with Crippen LogP contribution in [-0.2, 0) is 12.3 Å². The van der Waals surface area contributed by atoms with E-state index in [4.69, 9.17) is 9.15 Å². The number of aromatic nitrogens is 3. The Morgan fingerprint density at radius 1 is 1.36 bits per heavy atom. The minimum atomic E-state index is 0.605. The first kappa shape index (κ1) is 14.9. The third-order valence-electron chi connectivity index (χ3n) is 2.77. The van der Waals surface area contributed by atoms with Crippen LogP contribution < -0.4 is 10.1 Å². The topological polar surface area (TPSA) is 73.1 Å². The van der Waals surface area contributed by atoms with Crippen molar-refractivity contribution >= 4 is 28.2 Å². The highest BCUT2D eigenvalue weighted by molar-refractivity contribution is 8.00. The van der Waals surface area contributed by atoms with E-state index in [1.54, 1.807) is 31.3 Å². The Bertz CT molecular complexity index is 715. The van der Waals surface area contributed by atoms with E-state index in [9.17, 15) is 0 Å². The summed E-state index contributed by atoms with van der Waals surface area (Å²) in [6, 6.07) is 7.67. The molecular formula is C14H14N4O2S2. The van der Waals surface area contributed by atoms with Crippen molar-refractivity contribution in [2.24, 2.45) is 0 Å². The Morgan fingerprint density at radius 2 is 2.32 bits per heavy atom. The van der Waals surface area contributed by atoms with Crippen LogP contribution in [0, 0.1) is 0 Å². The molecule has 0 atom stereocenters. The lowest BCUT2D eigenvalue weighted by Crippen LogP contribution is -1.96. The van der Waals surface area contributed by atoms with Crippen LogP contribution in [-0.4, -0.2) is 22.3 Å². The molecule has 0 fully saturated rings. The Hall–Kier alpha value is -2.06. The average Bonchev–Trinajstić information content (AvgIpc) is 3.22. The van der Waals surface area contributed by atoms with Crippen LogP contribution in [0.5, 0.6) is 5.88 Å². The number of pyridine rings is 1. The van der Waals surface area contributed by atoms with Crippen molar-refractivity contribution in [3.63, 3.8) is 0 Å². The van der Waals surface area contributed by atoms with E-state index < -0.39 is 0 Å². The van der Waals surface area contributed by atoms with E-state index in [0.717, 1.165) is 26.5 Å². The van der Waals surface area contributed by atoms with Gasteiger partial charge in [-0.1, -0.05) is 23.1 Å². The Labute approximate surface area is 135 Å². The fourth-order valence-electron chi connectivity index (χ4n) is 1.71. The van der Waals surface area contributed by atoms with Gasteiger partial charge in [0, 0.05) is 18.0 Å². The largest absolute Gasteiger partial charge is 0.481 e. The molecule has 0 bridgehead atoms. The predicted octanol–water partition coefficient (Wildman–Crippen LogP) is 3.44. The van der Waals surface area contributed by atoms with Gasteiger partial charge in [0.05, 0.1) is 19.9 Å². The molecule has 114 valence electrons. The summed E-state index contributed by atoms with van der Waals surface area (Å²) >= 11 is 3.16. The molecule has 0 radical (unpaired) electrons. The number of rotatable bonds is 7. The van der Waals surface area contributed by atoms with Crippen LogP contribution in [0.1, 0.15) is 11.3 Å². The van der Waals surface area contributed by atoms with Crippen LogP contribution in [0.4, 0.5) is 5.13 Å². The van der Waals surface area contributed by atoms with Crippen molar-refractivity contribution in [1.82, 2.24) is 15.2 Å². The number of nitrogens with one attached hydrogen (secondary N) is 1. The summed E-state index contributed by atoms with van der Waals surface area (Å²) in [4.78, 5) is 4.09. The number of methoxy groups -OCH3 is 1. The maximum atomic E-state index is 5.26. The Kier molecular flexibility index (Phi) is 4.92. The summed E-state index contributed by atoms with van der Waals surface area (Å²) in [5, 5.41) is 12.3. The molecule has 0 aromatic carbocycles. The molecule has 22 heavy (non-hydrogen) atoms. The van der Waals surface area contributed by atoms with Crippen molar-refractivity contribution in [1.29, 1.82) is 0 Å². The summed E-state index contributed by atoms with van der Waals surface area (Å²) in [6.45, 7) is 0.605. The summed E-state index contributed by atoms with van der Waals surface area (Å²) < 4.78 is 11.3. The molecule has 1 N–H and O–H groups in total. The second-order valence-corrected chi connectivity index (χ2v) is 6.50. The van der Waals surface area contributed by atoms with Crippen LogP contribution in [0.2, 0.25) is 0 Å². The lowest BCUT2D eigenvalue weighted by molar-refractivity contribution is 0.397. The molecule has 0 aliphatic heterocycles. The first-order valence-electron chi connectivity index (χ1n) is 6.55. The van der Waals surface area contributed by atoms with Gasteiger partial charge in [0.1, 0.15) is 5.76 Å². The summed E-state index contributed by atoms with van der Waals surface area (Å²) in [5.41, 5.74) is 1.14. The lowest BCUT2D eigenvalue weighted by Gasteiger charge is -2.01. The zero-order valence-electron chi connectivity index (χ0n) is 11.9. The van der Waals surface area contributed by atoms with E-state index >= 15 is 0 Å². The standard InChI is InChI=1S/C14H14N4O2S2/c1-19-12-7-10(4-5-15-12)9-21-14-18-17-13(22-14)16-8-11-3-2-6-20-11/h2-7H,8-9H2,1H3,(H,16,17). The lowest BCUT2D eigenvalue weighted by atomic mass is 10.3. The number of nitrogens with zero attached hydrogens (tertiary/aromatic N) is 3. The highest BCUT2D eigenvalue weighted by Gasteiger charge is 2.06. The molecule has 0 saturated carbocycles. The van der Waals surface area contributed by atoms with Gasteiger partial charge in [-0.05, 0) is 23.8 Å². The second-order valence-electron chi connectivity index (χ2n) is 4.30. The van der Waals surface area contributed by atoms with Gasteiger partial charge in [-0.2, -0.15) is 0 Å². The molecule has 3 heterocycles. The first-order valence-corrected chi connectivity index (χ1v) is 8.35. The van der Waals surface area contributed by atoms with Crippen LogP contribution in [0.15, 0.2) is 45.5 Å². The van der Waals surface area contributed by atoms with Gasteiger partial charge >= 0.3 is 0 Å². The van der Waals surface area contributed by atoms with Gasteiger partial charge in [-0.3, -0.25) is 0 Å². The minimum Gasteiger partial charge on any atom is -0.481 e. The van der Waals surface area contributed by atoms with E-state index in [1.165, 1.54) is 11.3 Å². The Balaban J connectivity index is 1.52. The van der Waals surface area contributed by atoms with Crippen molar-refractivity contribution in [2.45, 2.75) is 16.6 Å². The molecule has 0 unspecified atom stereocenters. The molecular weight excluding hydrogens is 320 g/mol. The van der Waals surface area contributed by atoms with E-state index in [-0.39, 0.29) is 0 Å². The summed E-state index contributed by atoms with van der Waals surface area (Å²) in [6.07, 6.45) is 3.40. The maximum Gasteiger partial charge on any atom is 0.213 e. The third-order valence-corrected chi connectivity index (χ3v) is 4.86. The smallest absolute Gasteiger partial charge is 0.213 e.